The van der Waals surface area contributed by atoms with E-state index in [1.807, 2.05) is 6.07 Å². The lowest BCUT2D eigenvalue weighted by molar-refractivity contribution is 0.0165. The van der Waals surface area contributed by atoms with Gasteiger partial charge in [0, 0.05) is 5.54 Å². The molecule has 0 aliphatic heterocycles. The summed E-state index contributed by atoms with van der Waals surface area (Å²) in [5.74, 6) is -0.187. The molecule has 0 saturated heterocycles. The first kappa shape index (κ1) is 11.6. The lowest BCUT2D eigenvalue weighted by Crippen LogP contribution is -2.55. The number of halogens is 1. The fourth-order valence-electron chi connectivity index (χ4n) is 3.04. The largest absolute Gasteiger partial charge is 0.321 e. The van der Waals surface area contributed by atoms with Crippen molar-refractivity contribution in [2.75, 3.05) is 0 Å². The molecule has 2 heteroatoms. The predicted octanol–water partition coefficient (Wildman–Crippen LogP) is 3.58. The van der Waals surface area contributed by atoms with Gasteiger partial charge in [-0.3, -0.25) is 0 Å². The van der Waals surface area contributed by atoms with Crippen LogP contribution in [0.25, 0.3) is 0 Å². The van der Waals surface area contributed by atoms with Gasteiger partial charge in [0.2, 0.25) is 0 Å². The molecular formula is C14H20FN. The molecule has 1 nitrogen and oxygen atoms in total. The van der Waals surface area contributed by atoms with Gasteiger partial charge in [0.15, 0.2) is 0 Å². The summed E-state index contributed by atoms with van der Waals surface area (Å²) >= 11 is 0. The maximum atomic E-state index is 13.2. The molecular weight excluding hydrogens is 201 g/mol. The zero-order chi connectivity index (χ0) is 11.8. The second-order valence-electron chi connectivity index (χ2n) is 5.23. The molecule has 1 fully saturated rings. The summed E-state index contributed by atoms with van der Waals surface area (Å²) in [6.45, 7) is 4.43. The quantitative estimate of drug-likeness (QED) is 0.829. The van der Waals surface area contributed by atoms with Crippen LogP contribution in [-0.4, -0.2) is 0 Å². The van der Waals surface area contributed by atoms with E-state index in [9.17, 15) is 4.39 Å². The molecule has 0 radical (unpaired) electrons. The van der Waals surface area contributed by atoms with E-state index in [0.717, 1.165) is 31.2 Å². The van der Waals surface area contributed by atoms with E-state index < -0.39 is 0 Å². The van der Waals surface area contributed by atoms with Crippen molar-refractivity contribution in [2.24, 2.45) is 11.1 Å². The summed E-state index contributed by atoms with van der Waals surface area (Å²) in [5, 5.41) is 0. The van der Waals surface area contributed by atoms with Crippen LogP contribution in [0, 0.1) is 11.2 Å². The minimum atomic E-state index is -0.298. The Kier molecular flexibility index (Phi) is 2.79. The standard InChI is InChI=1S/C14H20FN/c1-3-13(4-2)9-14(16,10-13)11-6-5-7-12(15)8-11/h5-8H,3-4,9-10,16H2,1-2H3. The average Bonchev–Trinajstić information content (AvgIpc) is 2.24. The van der Waals surface area contributed by atoms with Gasteiger partial charge in [-0.2, -0.15) is 0 Å². The normalized spacial score (nSPS) is 21.5. The molecule has 2 N–H and O–H groups in total. The van der Waals surface area contributed by atoms with Crippen molar-refractivity contribution in [3.63, 3.8) is 0 Å². The first-order valence-electron chi connectivity index (χ1n) is 6.08. The summed E-state index contributed by atoms with van der Waals surface area (Å²) in [6.07, 6.45) is 4.29. The topological polar surface area (TPSA) is 26.0 Å². The second kappa shape index (κ2) is 3.85. The average molecular weight is 221 g/mol. The number of hydrogen-bond acceptors (Lipinski definition) is 1. The van der Waals surface area contributed by atoms with Crippen LogP contribution in [0.2, 0.25) is 0 Å². The minimum Gasteiger partial charge on any atom is -0.321 e. The summed E-state index contributed by atoms with van der Waals surface area (Å²) in [7, 11) is 0. The fraction of sp³-hybridized carbons (Fsp3) is 0.571. The number of benzene rings is 1. The second-order valence-corrected chi connectivity index (χ2v) is 5.23. The number of hydrogen-bond donors (Lipinski definition) is 1. The summed E-state index contributed by atoms with van der Waals surface area (Å²) < 4.78 is 13.2. The molecule has 1 aromatic rings. The van der Waals surface area contributed by atoms with Crippen molar-refractivity contribution in [1.29, 1.82) is 0 Å². The third kappa shape index (κ3) is 1.75. The number of rotatable bonds is 3. The van der Waals surface area contributed by atoms with Crippen LogP contribution in [0.4, 0.5) is 4.39 Å². The van der Waals surface area contributed by atoms with E-state index in [1.165, 1.54) is 6.07 Å². The highest BCUT2D eigenvalue weighted by atomic mass is 19.1. The lowest BCUT2D eigenvalue weighted by Gasteiger charge is -2.54. The molecule has 1 aliphatic carbocycles. The van der Waals surface area contributed by atoms with Gasteiger partial charge in [-0.05, 0) is 36.0 Å². The molecule has 0 aromatic heterocycles. The minimum absolute atomic E-state index is 0.187. The van der Waals surface area contributed by atoms with E-state index in [1.54, 1.807) is 12.1 Å². The van der Waals surface area contributed by atoms with E-state index in [0.29, 0.717) is 5.41 Å². The molecule has 0 amide bonds. The van der Waals surface area contributed by atoms with Gasteiger partial charge in [-0.15, -0.1) is 0 Å². The van der Waals surface area contributed by atoms with Gasteiger partial charge >= 0.3 is 0 Å². The van der Waals surface area contributed by atoms with Crippen molar-refractivity contribution >= 4 is 0 Å². The Morgan fingerprint density at radius 1 is 1.25 bits per heavy atom. The molecule has 1 aliphatic rings. The summed E-state index contributed by atoms with van der Waals surface area (Å²) in [6, 6.07) is 6.74. The smallest absolute Gasteiger partial charge is 0.123 e. The molecule has 0 bridgehead atoms. The molecule has 0 unspecified atom stereocenters. The van der Waals surface area contributed by atoms with Crippen LogP contribution in [0.3, 0.4) is 0 Å². The van der Waals surface area contributed by atoms with Crippen molar-refractivity contribution in [3.8, 4) is 0 Å². The van der Waals surface area contributed by atoms with Gasteiger partial charge in [0.1, 0.15) is 5.82 Å². The highest BCUT2D eigenvalue weighted by Crippen LogP contribution is 2.56. The van der Waals surface area contributed by atoms with Gasteiger partial charge in [-0.25, -0.2) is 4.39 Å². The van der Waals surface area contributed by atoms with E-state index in [-0.39, 0.29) is 11.4 Å². The van der Waals surface area contributed by atoms with E-state index in [2.05, 4.69) is 13.8 Å². The lowest BCUT2D eigenvalue weighted by atomic mass is 9.53. The van der Waals surface area contributed by atoms with Gasteiger partial charge in [0.25, 0.3) is 0 Å². The summed E-state index contributed by atoms with van der Waals surface area (Å²) in [4.78, 5) is 0. The Morgan fingerprint density at radius 3 is 2.38 bits per heavy atom. The molecule has 1 aromatic carbocycles. The van der Waals surface area contributed by atoms with Crippen LogP contribution in [0.1, 0.15) is 45.1 Å². The maximum absolute atomic E-state index is 13.2. The highest BCUT2D eigenvalue weighted by Gasteiger charge is 2.50. The van der Waals surface area contributed by atoms with Crippen molar-refractivity contribution < 1.29 is 4.39 Å². The Bertz CT molecular complexity index is 374. The van der Waals surface area contributed by atoms with Gasteiger partial charge in [-0.1, -0.05) is 38.8 Å². The zero-order valence-electron chi connectivity index (χ0n) is 10.1. The van der Waals surface area contributed by atoms with Crippen LogP contribution in [0.5, 0.6) is 0 Å². The number of nitrogens with two attached hydrogens (primary N) is 1. The van der Waals surface area contributed by atoms with Gasteiger partial charge < -0.3 is 5.73 Å². The van der Waals surface area contributed by atoms with Crippen LogP contribution < -0.4 is 5.73 Å². The molecule has 0 spiro atoms. The maximum Gasteiger partial charge on any atom is 0.123 e. The molecule has 1 saturated carbocycles. The molecule has 88 valence electrons. The molecule has 16 heavy (non-hydrogen) atoms. The Balaban J connectivity index is 2.19. The molecule has 0 atom stereocenters. The molecule has 0 heterocycles. The highest BCUT2D eigenvalue weighted by molar-refractivity contribution is 5.29. The SMILES string of the molecule is CCC1(CC)CC(N)(c2cccc(F)c2)C1. The molecule has 2 rings (SSSR count). The third-order valence-electron chi connectivity index (χ3n) is 4.28. The first-order chi connectivity index (χ1) is 7.53. The zero-order valence-corrected chi connectivity index (χ0v) is 10.1. The van der Waals surface area contributed by atoms with Crippen LogP contribution in [-0.2, 0) is 5.54 Å². The fourth-order valence-corrected chi connectivity index (χ4v) is 3.04. The van der Waals surface area contributed by atoms with Crippen molar-refractivity contribution in [1.82, 2.24) is 0 Å². The third-order valence-corrected chi connectivity index (χ3v) is 4.28. The Hall–Kier alpha value is -0.890. The van der Waals surface area contributed by atoms with Crippen LogP contribution in [0.15, 0.2) is 24.3 Å². The Labute approximate surface area is 96.9 Å². The monoisotopic (exact) mass is 221 g/mol. The Morgan fingerprint density at radius 2 is 1.88 bits per heavy atom. The van der Waals surface area contributed by atoms with E-state index in [4.69, 9.17) is 5.73 Å². The van der Waals surface area contributed by atoms with Crippen molar-refractivity contribution in [3.05, 3.63) is 35.6 Å². The first-order valence-corrected chi connectivity index (χ1v) is 6.08. The summed E-state index contributed by atoms with van der Waals surface area (Å²) in [5.41, 5.74) is 7.39. The van der Waals surface area contributed by atoms with E-state index >= 15 is 0 Å². The van der Waals surface area contributed by atoms with Crippen molar-refractivity contribution in [2.45, 2.75) is 45.1 Å². The predicted molar refractivity (Wildman–Crippen MR) is 64.5 cm³/mol. The van der Waals surface area contributed by atoms with Gasteiger partial charge in [0.05, 0.1) is 0 Å². The van der Waals surface area contributed by atoms with Crippen LogP contribution >= 0.6 is 0 Å².